The molecule has 0 spiro atoms. The minimum absolute atomic E-state index is 0.375. The van der Waals surface area contributed by atoms with Gasteiger partial charge in [-0.05, 0) is 45.2 Å². The Morgan fingerprint density at radius 2 is 1.83 bits per heavy atom. The van der Waals surface area contributed by atoms with Gasteiger partial charge in [-0.25, -0.2) is 0 Å². The van der Waals surface area contributed by atoms with Crippen molar-refractivity contribution in [3.8, 4) is 11.5 Å². The summed E-state index contributed by atoms with van der Waals surface area (Å²) >= 11 is 0. The van der Waals surface area contributed by atoms with Crippen LogP contribution in [-0.2, 0) is 0 Å². The number of nitrogens with one attached hydrogen (secondary N) is 2. The van der Waals surface area contributed by atoms with Gasteiger partial charge in [-0.15, -0.1) is 0 Å². The molecule has 0 radical (unpaired) electrons. The third-order valence-electron chi connectivity index (χ3n) is 5.99. The Morgan fingerprint density at radius 3 is 2.50 bits per heavy atom. The Bertz CT molecular complexity index is 674. The molecule has 30 heavy (non-hydrogen) atoms. The van der Waals surface area contributed by atoms with E-state index in [0.717, 1.165) is 55.7 Å². The predicted octanol–water partition coefficient (Wildman–Crippen LogP) is 2.57. The van der Waals surface area contributed by atoms with Crippen LogP contribution in [0.3, 0.4) is 0 Å². The van der Waals surface area contributed by atoms with E-state index in [1.807, 2.05) is 6.07 Å². The van der Waals surface area contributed by atoms with Gasteiger partial charge in [-0.1, -0.05) is 6.92 Å². The average Bonchev–Trinajstić information content (AvgIpc) is 3.41. The summed E-state index contributed by atoms with van der Waals surface area (Å²) in [5, 5.41) is 7.08. The molecule has 2 unspecified atom stereocenters. The normalized spacial score (nSPS) is 22.4. The fourth-order valence-corrected chi connectivity index (χ4v) is 4.40. The quantitative estimate of drug-likeness (QED) is 0.476. The van der Waals surface area contributed by atoms with Gasteiger partial charge in [0.15, 0.2) is 5.96 Å². The first-order valence-corrected chi connectivity index (χ1v) is 11.4. The molecule has 1 aromatic rings. The highest BCUT2D eigenvalue weighted by Crippen LogP contribution is 2.30. The van der Waals surface area contributed by atoms with Gasteiger partial charge in [0.25, 0.3) is 0 Å². The molecule has 168 valence electrons. The number of hydrogen-bond acceptors (Lipinski definition) is 5. The second-order valence-corrected chi connectivity index (χ2v) is 8.32. The van der Waals surface area contributed by atoms with E-state index >= 15 is 0 Å². The molecule has 2 fully saturated rings. The lowest BCUT2D eigenvalue weighted by atomic mass is 10.1. The predicted molar refractivity (Wildman–Crippen MR) is 124 cm³/mol. The molecule has 0 saturated carbocycles. The minimum Gasteiger partial charge on any atom is -0.497 e. The monoisotopic (exact) mass is 417 g/mol. The summed E-state index contributed by atoms with van der Waals surface area (Å²) in [6, 6.07) is 6.44. The Kier molecular flexibility index (Phi) is 8.49. The van der Waals surface area contributed by atoms with Gasteiger partial charge in [0.2, 0.25) is 0 Å². The number of aliphatic imine (C=N–C) groups is 1. The average molecular weight is 418 g/mol. The van der Waals surface area contributed by atoms with Crippen LogP contribution in [0.4, 0.5) is 5.69 Å². The van der Waals surface area contributed by atoms with Crippen LogP contribution in [0.15, 0.2) is 23.2 Å². The van der Waals surface area contributed by atoms with Crippen molar-refractivity contribution in [1.29, 1.82) is 0 Å². The number of anilines is 1. The van der Waals surface area contributed by atoms with E-state index in [1.165, 1.54) is 32.5 Å². The van der Waals surface area contributed by atoms with Crippen molar-refractivity contribution < 1.29 is 9.47 Å². The summed E-state index contributed by atoms with van der Waals surface area (Å²) < 4.78 is 10.9. The molecular formula is C23H39N5O2. The molecule has 2 aliphatic rings. The Hall–Kier alpha value is -2.15. The fraction of sp³-hybridized carbons (Fsp3) is 0.696. The smallest absolute Gasteiger partial charge is 0.191 e. The Labute approximate surface area is 181 Å². The number of methoxy groups -OCH3 is 2. The van der Waals surface area contributed by atoms with Crippen LogP contribution in [-0.4, -0.2) is 76.9 Å². The van der Waals surface area contributed by atoms with Crippen LogP contribution in [0, 0.1) is 5.92 Å². The number of likely N-dealkylation sites (tertiary alicyclic amines) is 1. The van der Waals surface area contributed by atoms with Crippen molar-refractivity contribution in [2.24, 2.45) is 10.9 Å². The zero-order valence-electron chi connectivity index (χ0n) is 19.1. The van der Waals surface area contributed by atoms with Crippen molar-refractivity contribution in [3.63, 3.8) is 0 Å². The van der Waals surface area contributed by atoms with Crippen molar-refractivity contribution >= 4 is 11.6 Å². The highest BCUT2D eigenvalue weighted by atomic mass is 16.5. The largest absolute Gasteiger partial charge is 0.497 e. The van der Waals surface area contributed by atoms with Crippen LogP contribution in [0.5, 0.6) is 11.5 Å². The molecule has 0 aliphatic carbocycles. The van der Waals surface area contributed by atoms with Crippen molar-refractivity contribution in [2.45, 2.75) is 39.2 Å². The number of hydrogen-bond donors (Lipinski definition) is 2. The summed E-state index contributed by atoms with van der Waals surface area (Å²) in [5.41, 5.74) is 1.14. The van der Waals surface area contributed by atoms with E-state index in [-0.39, 0.29) is 0 Å². The topological polar surface area (TPSA) is 61.4 Å². The first-order valence-electron chi connectivity index (χ1n) is 11.4. The zero-order chi connectivity index (χ0) is 21.3. The zero-order valence-corrected chi connectivity index (χ0v) is 19.1. The molecule has 7 nitrogen and oxygen atoms in total. The Balaban J connectivity index is 1.55. The summed E-state index contributed by atoms with van der Waals surface area (Å²) in [7, 11) is 3.38. The van der Waals surface area contributed by atoms with Gasteiger partial charge in [0.1, 0.15) is 11.5 Å². The molecule has 0 aromatic heterocycles. The summed E-state index contributed by atoms with van der Waals surface area (Å²) in [4.78, 5) is 9.86. The molecule has 0 bridgehead atoms. The van der Waals surface area contributed by atoms with E-state index in [1.54, 1.807) is 14.2 Å². The SMILES string of the molecule is CCCN1CCC(CN=C(NCC)NC2CCN(c3cc(OC)cc(OC)c3)C2)C1. The van der Waals surface area contributed by atoms with Crippen molar-refractivity contribution in [3.05, 3.63) is 18.2 Å². The summed E-state index contributed by atoms with van der Waals surface area (Å²) in [6.07, 6.45) is 3.58. The lowest BCUT2D eigenvalue weighted by molar-refractivity contribution is 0.326. The number of guanidine groups is 1. The maximum Gasteiger partial charge on any atom is 0.191 e. The standard InChI is InChI=1S/C23H39N5O2/c1-5-9-27-10-7-18(16-27)15-25-23(24-6-2)26-19-8-11-28(17-19)20-12-21(29-3)14-22(13-20)30-4/h12-14,18-19H,5-11,15-17H2,1-4H3,(H2,24,25,26). The summed E-state index contributed by atoms with van der Waals surface area (Å²) in [6.45, 7) is 11.7. The number of benzene rings is 1. The van der Waals surface area contributed by atoms with Crippen LogP contribution < -0.4 is 25.0 Å². The van der Waals surface area contributed by atoms with Crippen LogP contribution in [0.2, 0.25) is 0 Å². The maximum atomic E-state index is 5.43. The van der Waals surface area contributed by atoms with Crippen molar-refractivity contribution in [2.75, 3.05) is 64.9 Å². The maximum absolute atomic E-state index is 5.43. The van der Waals surface area contributed by atoms with E-state index < -0.39 is 0 Å². The van der Waals surface area contributed by atoms with Gasteiger partial charge >= 0.3 is 0 Å². The lowest BCUT2D eigenvalue weighted by Gasteiger charge is -2.21. The van der Waals surface area contributed by atoms with Crippen LogP contribution in [0.1, 0.15) is 33.1 Å². The second kappa shape index (κ2) is 11.3. The van der Waals surface area contributed by atoms with E-state index in [0.29, 0.717) is 12.0 Å². The summed E-state index contributed by atoms with van der Waals surface area (Å²) in [5.74, 6) is 3.27. The molecule has 2 aliphatic heterocycles. The fourth-order valence-electron chi connectivity index (χ4n) is 4.40. The molecule has 2 atom stereocenters. The molecule has 2 heterocycles. The van der Waals surface area contributed by atoms with Gasteiger partial charge in [-0.3, -0.25) is 4.99 Å². The van der Waals surface area contributed by atoms with Gasteiger partial charge < -0.3 is 29.9 Å². The highest BCUT2D eigenvalue weighted by molar-refractivity contribution is 5.80. The van der Waals surface area contributed by atoms with Gasteiger partial charge in [-0.2, -0.15) is 0 Å². The third kappa shape index (κ3) is 6.17. The van der Waals surface area contributed by atoms with Gasteiger partial charge in [0.05, 0.1) is 14.2 Å². The van der Waals surface area contributed by atoms with Crippen molar-refractivity contribution in [1.82, 2.24) is 15.5 Å². The van der Waals surface area contributed by atoms with E-state index in [9.17, 15) is 0 Å². The molecule has 0 amide bonds. The molecule has 1 aromatic carbocycles. The molecular weight excluding hydrogens is 378 g/mol. The van der Waals surface area contributed by atoms with E-state index in [4.69, 9.17) is 14.5 Å². The van der Waals surface area contributed by atoms with E-state index in [2.05, 4.69) is 46.4 Å². The van der Waals surface area contributed by atoms with Crippen LogP contribution in [0.25, 0.3) is 0 Å². The first-order chi connectivity index (χ1) is 14.6. The third-order valence-corrected chi connectivity index (χ3v) is 5.99. The second-order valence-electron chi connectivity index (χ2n) is 8.32. The van der Waals surface area contributed by atoms with Crippen LogP contribution >= 0.6 is 0 Å². The molecule has 3 rings (SSSR count). The highest BCUT2D eigenvalue weighted by Gasteiger charge is 2.25. The Morgan fingerprint density at radius 1 is 1.07 bits per heavy atom. The lowest BCUT2D eigenvalue weighted by Crippen LogP contribution is -2.45. The molecule has 2 N–H and O–H groups in total. The molecule has 7 heteroatoms. The number of ether oxygens (including phenoxy) is 2. The number of nitrogens with zero attached hydrogens (tertiary/aromatic N) is 3. The minimum atomic E-state index is 0.375. The number of rotatable bonds is 9. The molecule has 2 saturated heterocycles. The first kappa shape index (κ1) is 22.5. The van der Waals surface area contributed by atoms with Gasteiger partial charge in [0, 0.05) is 62.7 Å².